The molecule has 0 spiro atoms. The van der Waals surface area contributed by atoms with E-state index in [0.717, 1.165) is 3.57 Å². The molecule has 1 unspecified atom stereocenters. The molecule has 0 aliphatic heterocycles. The smallest absolute Gasteiger partial charge is 0.248 e. The van der Waals surface area contributed by atoms with Gasteiger partial charge in [-0.3, -0.25) is 0 Å². The number of hydrogen-bond donors (Lipinski definition) is 1. The van der Waals surface area contributed by atoms with Crippen molar-refractivity contribution in [3.63, 3.8) is 0 Å². The summed E-state index contributed by atoms with van der Waals surface area (Å²) in [4.78, 5) is 0. The molecule has 0 fully saturated rings. The third-order valence-electron chi connectivity index (χ3n) is 1.99. The summed E-state index contributed by atoms with van der Waals surface area (Å²) in [5.74, 6) is 0.437. The fourth-order valence-corrected chi connectivity index (χ4v) is 1.90. The van der Waals surface area contributed by atoms with Gasteiger partial charge in [0.05, 0.1) is 11.6 Å². The van der Waals surface area contributed by atoms with Crippen LogP contribution in [0.25, 0.3) is 11.5 Å². The van der Waals surface area contributed by atoms with Gasteiger partial charge in [-0.15, -0.1) is 10.2 Å². The SMILES string of the molecule is CC(N)c1nnc(-c2ccc(F)cc2I)o1. The third kappa shape index (κ3) is 2.22. The van der Waals surface area contributed by atoms with Crippen molar-refractivity contribution in [2.75, 3.05) is 0 Å². The van der Waals surface area contributed by atoms with Crippen LogP contribution in [0.3, 0.4) is 0 Å². The van der Waals surface area contributed by atoms with Gasteiger partial charge in [-0.1, -0.05) is 0 Å². The number of rotatable bonds is 2. The Morgan fingerprint density at radius 2 is 2.19 bits per heavy atom. The van der Waals surface area contributed by atoms with Crippen LogP contribution >= 0.6 is 22.6 Å². The van der Waals surface area contributed by atoms with Gasteiger partial charge in [0.2, 0.25) is 11.8 Å². The van der Waals surface area contributed by atoms with Crippen LogP contribution in [0.1, 0.15) is 18.9 Å². The molecule has 84 valence electrons. The van der Waals surface area contributed by atoms with E-state index in [1.807, 2.05) is 22.6 Å². The van der Waals surface area contributed by atoms with Gasteiger partial charge in [-0.2, -0.15) is 0 Å². The van der Waals surface area contributed by atoms with E-state index in [1.54, 1.807) is 13.0 Å². The molecule has 2 rings (SSSR count). The Balaban J connectivity index is 2.42. The average Bonchev–Trinajstić information content (AvgIpc) is 2.66. The highest BCUT2D eigenvalue weighted by Crippen LogP contribution is 2.25. The molecule has 0 bridgehead atoms. The van der Waals surface area contributed by atoms with E-state index in [0.29, 0.717) is 17.3 Å². The Hall–Kier alpha value is -1.02. The number of nitrogens with zero attached hydrogens (tertiary/aromatic N) is 2. The Morgan fingerprint density at radius 3 is 2.75 bits per heavy atom. The van der Waals surface area contributed by atoms with Crippen molar-refractivity contribution in [3.8, 4) is 11.5 Å². The van der Waals surface area contributed by atoms with Crippen molar-refractivity contribution >= 4 is 22.6 Å². The van der Waals surface area contributed by atoms with Crippen LogP contribution < -0.4 is 5.73 Å². The number of aromatic nitrogens is 2. The zero-order valence-corrected chi connectivity index (χ0v) is 10.6. The van der Waals surface area contributed by atoms with E-state index in [4.69, 9.17) is 10.2 Å². The van der Waals surface area contributed by atoms with Crippen molar-refractivity contribution in [2.24, 2.45) is 5.73 Å². The van der Waals surface area contributed by atoms with Gasteiger partial charge in [0.1, 0.15) is 5.82 Å². The molecule has 1 heterocycles. The molecule has 0 aliphatic rings. The van der Waals surface area contributed by atoms with Gasteiger partial charge in [0.25, 0.3) is 0 Å². The lowest BCUT2D eigenvalue weighted by atomic mass is 10.2. The van der Waals surface area contributed by atoms with Crippen LogP contribution in [0, 0.1) is 9.39 Å². The van der Waals surface area contributed by atoms with E-state index in [1.165, 1.54) is 12.1 Å². The second-order valence-corrected chi connectivity index (χ2v) is 4.52. The summed E-state index contributed by atoms with van der Waals surface area (Å²) in [5.41, 5.74) is 6.32. The second kappa shape index (κ2) is 4.46. The van der Waals surface area contributed by atoms with Gasteiger partial charge in [-0.25, -0.2) is 4.39 Å². The summed E-state index contributed by atoms with van der Waals surface area (Å²) in [6.45, 7) is 1.76. The number of nitrogens with two attached hydrogens (primary N) is 1. The van der Waals surface area contributed by atoms with Gasteiger partial charge < -0.3 is 10.2 Å². The Morgan fingerprint density at radius 1 is 1.44 bits per heavy atom. The zero-order chi connectivity index (χ0) is 11.7. The Bertz CT molecular complexity index is 513. The van der Waals surface area contributed by atoms with E-state index in [2.05, 4.69) is 10.2 Å². The lowest BCUT2D eigenvalue weighted by Gasteiger charge is -1.99. The molecular weight excluding hydrogens is 324 g/mol. The Labute approximate surface area is 105 Å². The van der Waals surface area contributed by atoms with E-state index in [-0.39, 0.29) is 11.9 Å². The van der Waals surface area contributed by atoms with Crippen molar-refractivity contribution in [1.82, 2.24) is 10.2 Å². The highest BCUT2D eigenvalue weighted by molar-refractivity contribution is 14.1. The third-order valence-corrected chi connectivity index (χ3v) is 2.88. The summed E-state index contributed by atoms with van der Waals surface area (Å²) in [6, 6.07) is 4.06. The molecule has 2 aromatic rings. The maximum atomic E-state index is 12.9. The van der Waals surface area contributed by atoms with Crippen molar-refractivity contribution in [1.29, 1.82) is 0 Å². The van der Waals surface area contributed by atoms with E-state index in [9.17, 15) is 4.39 Å². The fourth-order valence-electron chi connectivity index (χ4n) is 1.19. The minimum atomic E-state index is -0.306. The normalized spacial score (nSPS) is 12.8. The molecule has 0 amide bonds. The predicted molar refractivity (Wildman–Crippen MR) is 65.0 cm³/mol. The first-order valence-electron chi connectivity index (χ1n) is 4.62. The molecular formula is C10H9FIN3O. The quantitative estimate of drug-likeness (QED) is 0.858. The van der Waals surface area contributed by atoms with Gasteiger partial charge in [-0.05, 0) is 47.7 Å². The molecule has 1 aromatic carbocycles. The molecule has 2 N–H and O–H groups in total. The molecule has 1 atom stereocenters. The highest BCUT2D eigenvalue weighted by Gasteiger charge is 2.14. The average molecular weight is 333 g/mol. The van der Waals surface area contributed by atoms with Crippen LogP contribution in [0.2, 0.25) is 0 Å². The monoisotopic (exact) mass is 333 g/mol. The second-order valence-electron chi connectivity index (χ2n) is 3.36. The lowest BCUT2D eigenvalue weighted by Crippen LogP contribution is -2.04. The summed E-state index contributed by atoms with van der Waals surface area (Å²) in [6.07, 6.45) is 0. The maximum absolute atomic E-state index is 12.9. The molecule has 6 heteroatoms. The number of benzene rings is 1. The van der Waals surface area contributed by atoms with Gasteiger partial charge in [0, 0.05) is 3.57 Å². The van der Waals surface area contributed by atoms with Crippen LogP contribution in [0.15, 0.2) is 22.6 Å². The Kier molecular flexibility index (Phi) is 3.20. The largest absolute Gasteiger partial charge is 0.419 e. The summed E-state index contributed by atoms with van der Waals surface area (Å²) in [5, 5.41) is 7.69. The first-order valence-corrected chi connectivity index (χ1v) is 5.70. The van der Waals surface area contributed by atoms with Crippen LogP contribution in [0.5, 0.6) is 0 Å². The van der Waals surface area contributed by atoms with Gasteiger partial charge in [0.15, 0.2) is 0 Å². The van der Waals surface area contributed by atoms with Crippen LogP contribution in [-0.2, 0) is 0 Å². The first kappa shape index (κ1) is 11.5. The summed E-state index contributed by atoms with van der Waals surface area (Å²) < 4.78 is 19.0. The maximum Gasteiger partial charge on any atom is 0.248 e. The van der Waals surface area contributed by atoms with Crippen molar-refractivity contribution < 1.29 is 8.81 Å². The summed E-state index contributed by atoms with van der Waals surface area (Å²) in [7, 11) is 0. The molecule has 4 nitrogen and oxygen atoms in total. The van der Waals surface area contributed by atoms with E-state index >= 15 is 0 Å². The van der Waals surface area contributed by atoms with Crippen LogP contribution in [-0.4, -0.2) is 10.2 Å². The highest BCUT2D eigenvalue weighted by atomic mass is 127. The summed E-state index contributed by atoms with van der Waals surface area (Å²) >= 11 is 2.02. The fraction of sp³-hybridized carbons (Fsp3) is 0.200. The molecule has 0 aliphatic carbocycles. The zero-order valence-electron chi connectivity index (χ0n) is 8.45. The molecule has 16 heavy (non-hydrogen) atoms. The topological polar surface area (TPSA) is 64.9 Å². The molecule has 0 radical (unpaired) electrons. The minimum absolute atomic E-state index is 0.292. The molecule has 1 aromatic heterocycles. The molecule has 0 saturated heterocycles. The predicted octanol–water partition coefficient (Wildman–Crippen LogP) is 2.50. The number of halogens is 2. The minimum Gasteiger partial charge on any atom is -0.419 e. The van der Waals surface area contributed by atoms with Gasteiger partial charge >= 0.3 is 0 Å². The first-order chi connectivity index (χ1) is 7.58. The van der Waals surface area contributed by atoms with Crippen molar-refractivity contribution in [2.45, 2.75) is 13.0 Å². The lowest BCUT2D eigenvalue weighted by molar-refractivity contribution is 0.473. The standard InChI is InChI=1S/C10H9FIN3O/c1-5(13)9-14-15-10(16-9)7-3-2-6(11)4-8(7)12/h2-5H,13H2,1H3. The van der Waals surface area contributed by atoms with Crippen LogP contribution in [0.4, 0.5) is 4.39 Å². The molecule has 0 saturated carbocycles. The van der Waals surface area contributed by atoms with Crippen molar-refractivity contribution in [3.05, 3.63) is 33.5 Å². The number of hydrogen-bond acceptors (Lipinski definition) is 4. The van der Waals surface area contributed by atoms with E-state index < -0.39 is 0 Å².